The van der Waals surface area contributed by atoms with Crippen molar-refractivity contribution in [3.63, 3.8) is 0 Å². The topological polar surface area (TPSA) is 138 Å². The maximum atomic E-state index is 12.9. The number of aromatic nitrogens is 2. The molecule has 1 heterocycles. The fraction of sp³-hybridized carbons (Fsp3) is 0.320. The largest absolute Gasteiger partial charge is 0.493 e. The van der Waals surface area contributed by atoms with E-state index in [9.17, 15) is 19.2 Å². The van der Waals surface area contributed by atoms with Crippen molar-refractivity contribution in [2.45, 2.75) is 31.7 Å². The van der Waals surface area contributed by atoms with Crippen molar-refractivity contribution >= 4 is 28.7 Å². The summed E-state index contributed by atoms with van der Waals surface area (Å²) in [4.78, 5) is 54.0. The SMILES string of the molecule is COc1ccc(C(=O)NNC(=O)COC(=O)CCc2nc3ccccc3c(=O)n2C2CC2)cc1OC. The molecule has 2 amide bonds. The monoisotopic (exact) mass is 494 g/mol. The Labute approximate surface area is 206 Å². The highest BCUT2D eigenvalue weighted by atomic mass is 16.5. The van der Waals surface area contributed by atoms with Gasteiger partial charge in [-0.25, -0.2) is 4.98 Å². The van der Waals surface area contributed by atoms with Crippen LogP contribution in [0.2, 0.25) is 0 Å². The lowest BCUT2D eigenvalue weighted by atomic mass is 10.2. The molecule has 188 valence electrons. The molecule has 2 aromatic carbocycles. The molecule has 1 saturated carbocycles. The van der Waals surface area contributed by atoms with Gasteiger partial charge in [0, 0.05) is 18.0 Å². The van der Waals surface area contributed by atoms with Gasteiger partial charge in [-0.2, -0.15) is 0 Å². The summed E-state index contributed by atoms with van der Waals surface area (Å²) in [5, 5.41) is 0.544. The highest BCUT2D eigenvalue weighted by molar-refractivity contribution is 5.96. The quantitative estimate of drug-likeness (QED) is 0.339. The van der Waals surface area contributed by atoms with Crippen LogP contribution in [0, 0.1) is 0 Å². The average molecular weight is 495 g/mol. The Morgan fingerprint density at radius 2 is 1.78 bits per heavy atom. The second-order valence-electron chi connectivity index (χ2n) is 8.18. The van der Waals surface area contributed by atoms with Crippen molar-refractivity contribution < 1.29 is 28.6 Å². The number of hydrogen-bond donors (Lipinski definition) is 2. The number of aryl methyl sites for hydroxylation is 1. The summed E-state index contributed by atoms with van der Waals surface area (Å²) in [5.74, 6) is -0.589. The van der Waals surface area contributed by atoms with Crippen LogP contribution in [0.25, 0.3) is 10.9 Å². The Balaban J connectivity index is 1.27. The van der Waals surface area contributed by atoms with Gasteiger partial charge in [0.2, 0.25) is 0 Å². The van der Waals surface area contributed by atoms with Crippen molar-refractivity contribution in [1.29, 1.82) is 0 Å². The Morgan fingerprint density at radius 1 is 1.03 bits per heavy atom. The van der Waals surface area contributed by atoms with Crippen LogP contribution < -0.4 is 25.9 Å². The Bertz CT molecular complexity index is 1360. The highest BCUT2D eigenvalue weighted by Crippen LogP contribution is 2.35. The van der Waals surface area contributed by atoms with Gasteiger partial charge < -0.3 is 14.2 Å². The number of hydrogen-bond acceptors (Lipinski definition) is 8. The summed E-state index contributed by atoms with van der Waals surface area (Å²) >= 11 is 0. The number of rotatable bonds is 9. The van der Waals surface area contributed by atoms with Gasteiger partial charge >= 0.3 is 5.97 Å². The lowest BCUT2D eigenvalue weighted by Gasteiger charge is -2.13. The minimum absolute atomic E-state index is 0.0528. The van der Waals surface area contributed by atoms with E-state index >= 15 is 0 Å². The summed E-state index contributed by atoms with van der Waals surface area (Å²) in [5.41, 5.74) is 5.13. The molecule has 36 heavy (non-hydrogen) atoms. The zero-order chi connectivity index (χ0) is 25.7. The van der Waals surface area contributed by atoms with Gasteiger partial charge in [-0.1, -0.05) is 12.1 Å². The van der Waals surface area contributed by atoms with Crippen LogP contribution >= 0.6 is 0 Å². The summed E-state index contributed by atoms with van der Waals surface area (Å²) in [6.07, 6.45) is 1.94. The van der Waals surface area contributed by atoms with Crippen LogP contribution in [0.4, 0.5) is 0 Å². The molecular formula is C25H26N4O7. The van der Waals surface area contributed by atoms with Crippen LogP contribution in [0.5, 0.6) is 11.5 Å². The molecule has 11 heteroatoms. The number of nitrogens with one attached hydrogen (secondary N) is 2. The van der Waals surface area contributed by atoms with E-state index in [0.29, 0.717) is 28.2 Å². The maximum Gasteiger partial charge on any atom is 0.306 e. The van der Waals surface area contributed by atoms with E-state index < -0.39 is 24.4 Å². The zero-order valence-corrected chi connectivity index (χ0v) is 19.9. The molecule has 1 aliphatic rings. The van der Waals surface area contributed by atoms with Gasteiger partial charge in [0.05, 0.1) is 31.5 Å². The number of carbonyl (C=O) groups excluding carboxylic acids is 3. The number of para-hydroxylation sites is 1. The van der Waals surface area contributed by atoms with Crippen molar-refractivity contribution in [1.82, 2.24) is 20.4 Å². The second-order valence-corrected chi connectivity index (χ2v) is 8.18. The van der Waals surface area contributed by atoms with E-state index in [1.54, 1.807) is 34.9 Å². The summed E-state index contributed by atoms with van der Waals surface area (Å²) in [7, 11) is 2.92. The Hall–Kier alpha value is -4.41. The first-order chi connectivity index (χ1) is 17.4. The molecule has 2 N–H and O–H groups in total. The summed E-state index contributed by atoms with van der Waals surface area (Å²) < 4.78 is 16.9. The molecule has 11 nitrogen and oxygen atoms in total. The molecule has 0 spiro atoms. The van der Waals surface area contributed by atoms with E-state index in [1.165, 1.54) is 26.4 Å². The summed E-state index contributed by atoms with van der Waals surface area (Å²) in [6, 6.07) is 11.7. The lowest BCUT2D eigenvalue weighted by molar-refractivity contribution is -0.148. The predicted octanol–water partition coefficient (Wildman–Crippen LogP) is 1.69. The van der Waals surface area contributed by atoms with Crippen LogP contribution in [0.15, 0.2) is 47.3 Å². The molecule has 0 atom stereocenters. The Morgan fingerprint density at radius 3 is 2.50 bits per heavy atom. The lowest BCUT2D eigenvalue weighted by Crippen LogP contribution is -2.43. The van der Waals surface area contributed by atoms with Crippen molar-refractivity contribution in [3.05, 3.63) is 64.2 Å². The van der Waals surface area contributed by atoms with Crippen molar-refractivity contribution in [2.24, 2.45) is 0 Å². The zero-order valence-electron chi connectivity index (χ0n) is 19.9. The van der Waals surface area contributed by atoms with Crippen LogP contribution in [0.1, 0.15) is 41.5 Å². The molecule has 1 aromatic heterocycles. The van der Waals surface area contributed by atoms with E-state index in [4.69, 9.17) is 14.2 Å². The van der Waals surface area contributed by atoms with Gasteiger partial charge in [-0.05, 0) is 43.2 Å². The number of esters is 1. The first-order valence-electron chi connectivity index (χ1n) is 11.4. The van der Waals surface area contributed by atoms with Gasteiger partial charge in [-0.3, -0.25) is 34.6 Å². The van der Waals surface area contributed by atoms with Crippen LogP contribution in [0.3, 0.4) is 0 Å². The first-order valence-corrected chi connectivity index (χ1v) is 11.4. The minimum atomic E-state index is -0.712. The minimum Gasteiger partial charge on any atom is -0.493 e. The van der Waals surface area contributed by atoms with Gasteiger partial charge in [-0.15, -0.1) is 0 Å². The highest BCUT2D eigenvalue weighted by Gasteiger charge is 2.28. The third-order valence-electron chi connectivity index (χ3n) is 5.67. The molecule has 1 fully saturated rings. The number of ether oxygens (including phenoxy) is 3. The Kier molecular flexibility index (Phi) is 7.47. The number of carbonyl (C=O) groups is 3. The molecule has 4 rings (SSSR count). The fourth-order valence-corrected chi connectivity index (χ4v) is 3.72. The molecule has 0 bridgehead atoms. The number of nitrogens with zero attached hydrogens (tertiary/aromatic N) is 2. The number of hydrazine groups is 1. The van der Waals surface area contributed by atoms with E-state index in [2.05, 4.69) is 15.8 Å². The average Bonchev–Trinajstić information content (AvgIpc) is 3.74. The normalized spacial score (nSPS) is 12.6. The van der Waals surface area contributed by atoms with Crippen molar-refractivity contribution in [2.75, 3.05) is 20.8 Å². The second kappa shape index (κ2) is 10.9. The fourth-order valence-electron chi connectivity index (χ4n) is 3.72. The standard InChI is InChI=1S/C25H26N4O7/c1-34-19-10-7-15(13-20(19)35-2)24(32)28-27-22(30)14-36-23(31)12-11-21-26-18-6-4-3-5-17(18)25(33)29(21)16-8-9-16/h3-7,10,13,16H,8-9,11-12,14H2,1-2H3,(H,27,30)(H,28,32). The van der Waals surface area contributed by atoms with Crippen molar-refractivity contribution in [3.8, 4) is 11.5 Å². The first kappa shape index (κ1) is 24.7. The molecular weight excluding hydrogens is 468 g/mol. The molecule has 1 aliphatic carbocycles. The van der Waals surface area contributed by atoms with Gasteiger partial charge in [0.1, 0.15) is 5.82 Å². The van der Waals surface area contributed by atoms with E-state index in [0.717, 1.165) is 12.8 Å². The smallest absolute Gasteiger partial charge is 0.306 e. The third-order valence-corrected chi connectivity index (χ3v) is 5.67. The molecule has 3 aromatic rings. The molecule has 0 aliphatic heterocycles. The van der Waals surface area contributed by atoms with Crippen LogP contribution in [-0.2, 0) is 20.7 Å². The third kappa shape index (κ3) is 5.62. The molecule has 0 radical (unpaired) electrons. The molecule has 0 unspecified atom stereocenters. The van der Waals surface area contributed by atoms with Crippen LogP contribution in [-0.4, -0.2) is 48.2 Å². The number of fused-ring (bicyclic) bond motifs is 1. The predicted molar refractivity (Wildman–Crippen MR) is 129 cm³/mol. The molecule has 0 saturated heterocycles. The number of benzene rings is 2. The van der Waals surface area contributed by atoms with Gasteiger partial charge in [0.15, 0.2) is 18.1 Å². The van der Waals surface area contributed by atoms with E-state index in [-0.39, 0.29) is 30.0 Å². The van der Waals surface area contributed by atoms with E-state index in [1.807, 2.05) is 0 Å². The number of methoxy groups -OCH3 is 2. The number of amides is 2. The maximum absolute atomic E-state index is 12.9. The summed E-state index contributed by atoms with van der Waals surface area (Å²) in [6.45, 7) is -0.578. The van der Waals surface area contributed by atoms with Gasteiger partial charge in [0.25, 0.3) is 17.4 Å².